The Morgan fingerprint density at radius 2 is 2.44 bits per heavy atom. The van der Waals surface area contributed by atoms with E-state index in [2.05, 4.69) is 10.5 Å². The lowest BCUT2D eigenvalue weighted by Gasteiger charge is -2.32. The first-order valence-corrected chi connectivity index (χ1v) is 5.43. The highest BCUT2D eigenvalue weighted by molar-refractivity contribution is 5.82. The summed E-state index contributed by atoms with van der Waals surface area (Å²) < 4.78 is 9.86. The number of urea groups is 1. The summed E-state index contributed by atoms with van der Waals surface area (Å²) in [6.07, 6.45) is 1.47. The lowest BCUT2D eigenvalue weighted by molar-refractivity contribution is -0.147. The summed E-state index contributed by atoms with van der Waals surface area (Å²) in [6, 6.07) is 0.212. The van der Waals surface area contributed by atoms with Crippen molar-refractivity contribution in [1.29, 1.82) is 0 Å². The van der Waals surface area contributed by atoms with E-state index in [4.69, 9.17) is 14.4 Å². The van der Waals surface area contributed by atoms with Crippen LogP contribution in [-0.4, -0.2) is 53.0 Å². The average Bonchev–Trinajstić information content (AvgIpc) is 2.89. The van der Waals surface area contributed by atoms with Gasteiger partial charge in [-0.15, -0.1) is 0 Å². The number of carboxylic acid groups (broad SMARTS) is 1. The highest BCUT2D eigenvalue weighted by atomic mass is 16.5. The number of hydrogen-bond acceptors (Lipinski definition) is 5. The van der Waals surface area contributed by atoms with E-state index in [0.717, 1.165) is 0 Å². The Balaban J connectivity index is 1.92. The van der Waals surface area contributed by atoms with Crippen molar-refractivity contribution < 1.29 is 24.0 Å². The SMILES string of the molecule is O=C(O)C1COCCN1C(=O)NCc1ccno1. The number of hydrogen-bond donors (Lipinski definition) is 2. The predicted molar refractivity (Wildman–Crippen MR) is 57.7 cm³/mol. The van der Waals surface area contributed by atoms with E-state index in [1.54, 1.807) is 6.07 Å². The van der Waals surface area contributed by atoms with Crippen molar-refractivity contribution in [2.75, 3.05) is 19.8 Å². The molecular weight excluding hydrogens is 242 g/mol. The maximum Gasteiger partial charge on any atom is 0.328 e. The zero-order chi connectivity index (χ0) is 13.0. The minimum absolute atomic E-state index is 0.00502. The van der Waals surface area contributed by atoms with E-state index in [9.17, 15) is 9.59 Å². The Hall–Kier alpha value is -2.09. The Morgan fingerprint density at radius 3 is 3.11 bits per heavy atom. The molecule has 18 heavy (non-hydrogen) atoms. The fourth-order valence-electron chi connectivity index (χ4n) is 1.65. The summed E-state index contributed by atoms with van der Waals surface area (Å²) in [6.45, 7) is 0.756. The molecular formula is C10H13N3O5. The molecule has 1 saturated heterocycles. The molecule has 1 aliphatic heterocycles. The number of ether oxygens (including phenoxy) is 1. The van der Waals surface area contributed by atoms with E-state index in [0.29, 0.717) is 12.4 Å². The van der Waals surface area contributed by atoms with Crippen LogP contribution in [0.2, 0.25) is 0 Å². The minimum atomic E-state index is -1.08. The van der Waals surface area contributed by atoms with E-state index in [-0.39, 0.29) is 19.7 Å². The van der Waals surface area contributed by atoms with Crippen LogP contribution in [0.5, 0.6) is 0 Å². The molecule has 0 aliphatic carbocycles. The van der Waals surface area contributed by atoms with Crippen molar-refractivity contribution in [3.8, 4) is 0 Å². The van der Waals surface area contributed by atoms with Crippen molar-refractivity contribution in [2.45, 2.75) is 12.6 Å². The number of amides is 2. The first kappa shape index (κ1) is 12.4. The van der Waals surface area contributed by atoms with Crippen LogP contribution in [0, 0.1) is 0 Å². The molecule has 1 atom stereocenters. The molecule has 2 rings (SSSR count). The zero-order valence-electron chi connectivity index (χ0n) is 9.54. The quantitative estimate of drug-likeness (QED) is 0.766. The molecule has 0 radical (unpaired) electrons. The van der Waals surface area contributed by atoms with Gasteiger partial charge in [-0.05, 0) is 0 Å². The molecule has 2 heterocycles. The normalized spacial score (nSPS) is 19.6. The van der Waals surface area contributed by atoms with Crippen LogP contribution in [-0.2, 0) is 16.1 Å². The molecule has 1 aliphatic rings. The Kier molecular flexibility index (Phi) is 3.78. The van der Waals surface area contributed by atoms with Crippen LogP contribution >= 0.6 is 0 Å². The number of nitrogens with zero attached hydrogens (tertiary/aromatic N) is 2. The van der Waals surface area contributed by atoms with Crippen molar-refractivity contribution in [1.82, 2.24) is 15.4 Å². The number of carboxylic acids is 1. The number of nitrogens with one attached hydrogen (secondary N) is 1. The number of aromatic nitrogens is 1. The van der Waals surface area contributed by atoms with Gasteiger partial charge in [-0.3, -0.25) is 0 Å². The summed E-state index contributed by atoms with van der Waals surface area (Å²) >= 11 is 0. The second-order valence-corrected chi connectivity index (χ2v) is 3.76. The molecule has 8 nitrogen and oxygen atoms in total. The Morgan fingerprint density at radius 1 is 1.61 bits per heavy atom. The van der Waals surface area contributed by atoms with Gasteiger partial charge < -0.3 is 24.6 Å². The molecule has 2 amide bonds. The monoisotopic (exact) mass is 255 g/mol. The van der Waals surface area contributed by atoms with Crippen LogP contribution < -0.4 is 5.32 Å². The third kappa shape index (κ3) is 2.77. The van der Waals surface area contributed by atoms with Crippen molar-refractivity contribution in [3.63, 3.8) is 0 Å². The molecule has 0 saturated carbocycles. The van der Waals surface area contributed by atoms with Gasteiger partial charge in [0.05, 0.1) is 26.0 Å². The van der Waals surface area contributed by atoms with Gasteiger partial charge in [0, 0.05) is 12.6 Å². The smallest absolute Gasteiger partial charge is 0.328 e. The first-order chi connectivity index (χ1) is 8.68. The van der Waals surface area contributed by atoms with Crippen molar-refractivity contribution >= 4 is 12.0 Å². The Labute approximate surface area is 102 Å². The fraction of sp³-hybridized carbons (Fsp3) is 0.500. The van der Waals surface area contributed by atoms with Gasteiger partial charge in [0.15, 0.2) is 11.8 Å². The third-order valence-corrected chi connectivity index (χ3v) is 2.58. The molecule has 1 fully saturated rings. The Bertz CT molecular complexity index is 419. The van der Waals surface area contributed by atoms with Gasteiger partial charge in [0.2, 0.25) is 0 Å². The van der Waals surface area contributed by atoms with Gasteiger partial charge in [0.25, 0.3) is 0 Å². The molecule has 1 unspecified atom stereocenters. The maximum absolute atomic E-state index is 11.8. The second kappa shape index (κ2) is 5.50. The topological polar surface area (TPSA) is 105 Å². The number of rotatable bonds is 3. The molecule has 0 aromatic carbocycles. The second-order valence-electron chi connectivity index (χ2n) is 3.76. The first-order valence-electron chi connectivity index (χ1n) is 5.43. The average molecular weight is 255 g/mol. The molecule has 8 heteroatoms. The van der Waals surface area contributed by atoms with Crippen LogP contribution in [0.1, 0.15) is 5.76 Å². The molecule has 0 spiro atoms. The maximum atomic E-state index is 11.8. The number of carbonyl (C=O) groups is 2. The van der Waals surface area contributed by atoms with Crippen LogP contribution in [0.4, 0.5) is 4.79 Å². The lowest BCUT2D eigenvalue weighted by Crippen LogP contribution is -2.55. The highest BCUT2D eigenvalue weighted by Gasteiger charge is 2.32. The number of morpholine rings is 1. The number of aliphatic carboxylic acids is 1. The van der Waals surface area contributed by atoms with Gasteiger partial charge in [-0.2, -0.15) is 0 Å². The summed E-state index contributed by atoms with van der Waals surface area (Å²) in [4.78, 5) is 24.1. The predicted octanol–water partition coefficient (Wildman–Crippen LogP) is -0.330. The third-order valence-electron chi connectivity index (χ3n) is 2.58. The number of carbonyl (C=O) groups excluding carboxylic acids is 1. The summed E-state index contributed by atoms with van der Waals surface area (Å²) in [5, 5.41) is 15.1. The van der Waals surface area contributed by atoms with Gasteiger partial charge in [0.1, 0.15) is 0 Å². The van der Waals surface area contributed by atoms with E-state index < -0.39 is 18.0 Å². The minimum Gasteiger partial charge on any atom is -0.480 e. The standard InChI is InChI=1S/C10H13N3O5/c14-9(15)8-6-17-4-3-13(8)10(16)11-5-7-1-2-12-18-7/h1-2,8H,3-6H2,(H,11,16)(H,14,15). The summed E-state index contributed by atoms with van der Waals surface area (Å²) in [7, 11) is 0. The van der Waals surface area contributed by atoms with E-state index in [1.807, 2.05) is 0 Å². The molecule has 1 aromatic rings. The van der Waals surface area contributed by atoms with E-state index in [1.165, 1.54) is 11.1 Å². The van der Waals surface area contributed by atoms with Crippen molar-refractivity contribution in [3.05, 3.63) is 18.0 Å². The fourth-order valence-corrected chi connectivity index (χ4v) is 1.65. The van der Waals surface area contributed by atoms with Crippen LogP contribution in [0.25, 0.3) is 0 Å². The summed E-state index contributed by atoms with van der Waals surface area (Å²) in [5.41, 5.74) is 0. The largest absolute Gasteiger partial charge is 0.480 e. The molecule has 0 bridgehead atoms. The highest BCUT2D eigenvalue weighted by Crippen LogP contribution is 2.08. The molecule has 1 aromatic heterocycles. The zero-order valence-corrected chi connectivity index (χ0v) is 9.54. The van der Waals surface area contributed by atoms with Crippen LogP contribution in [0.15, 0.2) is 16.8 Å². The van der Waals surface area contributed by atoms with Gasteiger partial charge >= 0.3 is 12.0 Å². The van der Waals surface area contributed by atoms with Crippen LogP contribution in [0.3, 0.4) is 0 Å². The van der Waals surface area contributed by atoms with Crippen molar-refractivity contribution in [2.24, 2.45) is 0 Å². The van der Waals surface area contributed by atoms with Gasteiger partial charge in [-0.1, -0.05) is 5.16 Å². The molecule has 98 valence electrons. The summed E-state index contributed by atoms with van der Waals surface area (Å²) in [5.74, 6) is -0.576. The van der Waals surface area contributed by atoms with E-state index >= 15 is 0 Å². The lowest BCUT2D eigenvalue weighted by atomic mass is 10.2. The molecule has 2 N–H and O–H groups in total. The van der Waals surface area contributed by atoms with Gasteiger partial charge in [-0.25, -0.2) is 9.59 Å².